The molecule has 0 aliphatic heterocycles. The molecule has 6 heteroatoms. The van der Waals surface area contributed by atoms with Crippen molar-refractivity contribution in [1.29, 1.82) is 0 Å². The molecule has 2 aromatic carbocycles. The highest BCUT2D eigenvalue weighted by Crippen LogP contribution is 2.31. The Morgan fingerprint density at radius 1 is 1.11 bits per heavy atom. The van der Waals surface area contributed by atoms with E-state index in [1.807, 2.05) is 18.2 Å². The van der Waals surface area contributed by atoms with Crippen LogP contribution in [0.4, 0.5) is 5.69 Å². The maximum Gasteiger partial charge on any atom is 0.376 e. The van der Waals surface area contributed by atoms with Crippen LogP contribution in [0.2, 0.25) is 0 Å². The number of aryl methyl sites for hydroxylation is 1. The summed E-state index contributed by atoms with van der Waals surface area (Å²) in [5.74, 6) is 0.142. The first kappa shape index (κ1) is 20.0. The summed E-state index contributed by atoms with van der Waals surface area (Å²) in [6, 6.07) is 15.5. The highest BCUT2D eigenvalue weighted by molar-refractivity contribution is 7.99. The monoisotopic (exact) mass is 397 g/mol. The first-order valence-electron chi connectivity index (χ1n) is 9.26. The molecule has 28 heavy (non-hydrogen) atoms. The van der Waals surface area contributed by atoms with Crippen molar-refractivity contribution in [2.75, 3.05) is 17.7 Å². The van der Waals surface area contributed by atoms with Crippen LogP contribution in [0.1, 0.15) is 35.9 Å². The third-order valence-electron chi connectivity index (χ3n) is 4.16. The zero-order chi connectivity index (χ0) is 19.9. The van der Waals surface area contributed by atoms with Gasteiger partial charge in [-0.1, -0.05) is 29.8 Å². The Morgan fingerprint density at radius 2 is 1.86 bits per heavy atom. The maximum absolute atomic E-state index is 12.4. The van der Waals surface area contributed by atoms with Crippen molar-refractivity contribution < 1.29 is 18.7 Å². The second-order valence-corrected chi connectivity index (χ2v) is 7.50. The SMILES string of the molecule is CCOC(=O)c1oc2ccccc2c1NC(=O)CCCSc1ccc(C)cc1. The summed E-state index contributed by atoms with van der Waals surface area (Å²) in [6.45, 7) is 4.02. The molecule has 0 radical (unpaired) electrons. The van der Waals surface area contributed by atoms with E-state index in [0.29, 0.717) is 23.1 Å². The van der Waals surface area contributed by atoms with Crippen molar-refractivity contribution in [1.82, 2.24) is 0 Å². The van der Waals surface area contributed by atoms with E-state index in [1.165, 1.54) is 10.5 Å². The number of benzene rings is 2. The number of furan rings is 1. The molecule has 0 fully saturated rings. The van der Waals surface area contributed by atoms with Gasteiger partial charge < -0.3 is 14.5 Å². The summed E-state index contributed by atoms with van der Waals surface area (Å²) < 4.78 is 10.7. The van der Waals surface area contributed by atoms with E-state index in [-0.39, 0.29) is 18.3 Å². The molecule has 0 aliphatic carbocycles. The van der Waals surface area contributed by atoms with Gasteiger partial charge in [-0.25, -0.2) is 4.79 Å². The smallest absolute Gasteiger partial charge is 0.376 e. The summed E-state index contributed by atoms with van der Waals surface area (Å²) in [5.41, 5.74) is 2.15. The first-order chi connectivity index (χ1) is 13.6. The Kier molecular flexibility index (Phi) is 6.76. The molecular formula is C22H23NO4S. The minimum Gasteiger partial charge on any atom is -0.460 e. The van der Waals surface area contributed by atoms with Crippen LogP contribution in [0.15, 0.2) is 57.8 Å². The van der Waals surface area contributed by atoms with E-state index in [0.717, 1.165) is 12.2 Å². The first-order valence-corrected chi connectivity index (χ1v) is 10.2. The number of amides is 1. The van der Waals surface area contributed by atoms with Gasteiger partial charge in [-0.2, -0.15) is 0 Å². The molecule has 3 aromatic rings. The van der Waals surface area contributed by atoms with Crippen LogP contribution in [-0.2, 0) is 9.53 Å². The van der Waals surface area contributed by atoms with E-state index in [1.54, 1.807) is 24.8 Å². The fourth-order valence-corrected chi connectivity index (χ4v) is 3.62. The van der Waals surface area contributed by atoms with E-state index in [2.05, 4.69) is 36.5 Å². The number of rotatable bonds is 8. The second-order valence-electron chi connectivity index (χ2n) is 6.34. The van der Waals surface area contributed by atoms with E-state index in [9.17, 15) is 9.59 Å². The summed E-state index contributed by atoms with van der Waals surface area (Å²) in [6.07, 6.45) is 1.09. The molecule has 0 bridgehead atoms. The fraction of sp³-hybridized carbons (Fsp3) is 0.273. The number of anilines is 1. The molecular weight excluding hydrogens is 374 g/mol. The normalized spacial score (nSPS) is 10.8. The lowest BCUT2D eigenvalue weighted by molar-refractivity contribution is -0.116. The van der Waals surface area contributed by atoms with Crippen LogP contribution in [-0.4, -0.2) is 24.2 Å². The lowest BCUT2D eigenvalue weighted by Crippen LogP contribution is -2.14. The topological polar surface area (TPSA) is 68.5 Å². The van der Waals surface area contributed by atoms with Crippen LogP contribution in [0.5, 0.6) is 0 Å². The third kappa shape index (κ3) is 4.95. The average Bonchev–Trinajstić information content (AvgIpc) is 3.05. The number of fused-ring (bicyclic) bond motifs is 1. The highest BCUT2D eigenvalue weighted by atomic mass is 32.2. The number of hydrogen-bond donors (Lipinski definition) is 1. The summed E-state index contributed by atoms with van der Waals surface area (Å²) in [7, 11) is 0. The second kappa shape index (κ2) is 9.46. The number of carbonyl (C=O) groups is 2. The molecule has 0 saturated heterocycles. The molecule has 1 heterocycles. The maximum atomic E-state index is 12.4. The van der Waals surface area contributed by atoms with E-state index < -0.39 is 5.97 Å². The Hall–Kier alpha value is -2.73. The molecule has 1 aromatic heterocycles. The van der Waals surface area contributed by atoms with Gasteiger partial charge in [0.15, 0.2) is 0 Å². The molecule has 5 nitrogen and oxygen atoms in total. The number of ether oxygens (including phenoxy) is 1. The molecule has 1 N–H and O–H groups in total. The van der Waals surface area contributed by atoms with Crippen molar-refractivity contribution in [3.8, 4) is 0 Å². The molecule has 3 rings (SSSR count). The molecule has 0 atom stereocenters. The number of esters is 1. The number of para-hydroxylation sites is 1. The van der Waals surface area contributed by atoms with E-state index in [4.69, 9.17) is 9.15 Å². The predicted octanol–water partition coefficient (Wildman–Crippen LogP) is 5.43. The van der Waals surface area contributed by atoms with Crippen LogP contribution >= 0.6 is 11.8 Å². The Bertz CT molecular complexity index is 962. The van der Waals surface area contributed by atoms with Gasteiger partial charge in [0.2, 0.25) is 11.7 Å². The lowest BCUT2D eigenvalue weighted by Gasteiger charge is -2.06. The van der Waals surface area contributed by atoms with Gasteiger partial charge in [0, 0.05) is 16.7 Å². The van der Waals surface area contributed by atoms with Gasteiger partial charge in [-0.05, 0) is 50.3 Å². The Labute approximate surface area is 168 Å². The lowest BCUT2D eigenvalue weighted by atomic mass is 10.2. The molecule has 0 unspecified atom stereocenters. The number of carbonyl (C=O) groups excluding carboxylic acids is 2. The standard InChI is InChI=1S/C22H23NO4S/c1-3-26-22(25)21-20(17-7-4-5-8-18(17)27-21)23-19(24)9-6-14-28-16-12-10-15(2)11-13-16/h4-5,7-8,10-13H,3,6,9,14H2,1-2H3,(H,23,24). The van der Waals surface area contributed by atoms with Crippen LogP contribution in [0, 0.1) is 6.92 Å². The van der Waals surface area contributed by atoms with Crippen molar-refractivity contribution in [2.24, 2.45) is 0 Å². The minimum absolute atomic E-state index is 0.0328. The van der Waals surface area contributed by atoms with Crippen molar-refractivity contribution >= 4 is 40.3 Å². The van der Waals surface area contributed by atoms with Crippen LogP contribution < -0.4 is 5.32 Å². The summed E-state index contributed by atoms with van der Waals surface area (Å²) in [5, 5.41) is 3.52. The summed E-state index contributed by atoms with van der Waals surface area (Å²) in [4.78, 5) is 25.8. The molecule has 146 valence electrons. The number of hydrogen-bond acceptors (Lipinski definition) is 5. The van der Waals surface area contributed by atoms with Gasteiger partial charge in [0.1, 0.15) is 11.3 Å². The third-order valence-corrected chi connectivity index (χ3v) is 5.26. The molecule has 1 amide bonds. The average molecular weight is 397 g/mol. The zero-order valence-corrected chi connectivity index (χ0v) is 16.8. The summed E-state index contributed by atoms with van der Waals surface area (Å²) >= 11 is 1.72. The van der Waals surface area contributed by atoms with Gasteiger partial charge in [0.25, 0.3) is 0 Å². The molecule has 0 saturated carbocycles. The van der Waals surface area contributed by atoms with Gasteiger partial charge >= 0.3 is 5.97 Å². The van der Waals surface area contributed by atoms with Gasteiger partial charge in [-0.15, -0.1) is 11.8 Å². The van der Waals surface area contributed by atoms with Crippen LogP contribution in [0.3, 0.4) is 0 Å². The van der Waals surface area contributed by atoms with Gasteiger partial charge in [-0.3, -0.25) is 4.79 Å². The molecule has 0 aliphatic rings. The zero-order valence-electron chi connectivity index (χ0n) is 16.0. The van der Waals surface area contributed by atoms with Crippen molar-refractivity contribution in [3.05, 3.63) is 59.9 Å². The van der Waals surface area contributed by atoms with Gasteiger partial charge in [0.05, 0.1) is 6.61 Å². The van der Waals surface area contributed by atoms with E-state index >= 15 is 0 Å². The number of nitrogens with one attached hydrogen (secondary N) is 1. The van der Waals surface area contributed by atoms with Crippen LogP contribution in [0.25, 0.3) is 11.0 Å². The largest absolute Gasteiger partial charge is 0.460 e. The predicted molar refractivity (Wildman–Crippen MR) is 112 cm³/mol. The quantitative estimate of drug-likeness (QED) is 0.312. The Morgan fingerprint density at radius 3 is 2.61 bits per heavy atom. The van der Waals surface area contributed by atoms with Crippen molar-refractivity contribution in [3.63, 3.8) is 0 Å². The number of thioether (sulfide) groups is 1. The fourth-order valence-electron chi connectivity index (χ4n) is 2.77. The Balaban J connectivity index is 1.61. The highest BCUT2D eigenvalue weighted by Gasteiger charge is 2.23. The molecule has 0 spiro atoms. The van der Waals surface area contributed by atoms with Crippen molar-refractivity contribution in [2.45, 2.75) is 31.6 Å². The minimum atomic E-state index is -0.580.